The maximum Gasteiger partial charge on any atom is 0.268 e. The molecule has 1 N–H and O–H groups in total. The number of nitrogens with zero attached hydrogens (tertiary/aromatic N) is 1. The van der Waals surface area contributed by atoms with E-state index in [2.05, 4.69) is 5.32 Å². The summed E-state index contributed by atoms with van der Waals surface area (Å²) >= 11 is 0. The van der Waals surface area contributed by atoms with Crippen molar-refractivity contribution in [2.24, 2.45) is 7.05 Å². The van der Waals surface area contributed by atoms with Gasteiger partial charge in [0.05, 0.1) is 0 Å². The third-order valence-corrected chi connectivity index (χ3v) is 4.35. The summed E-state index contributed by atoms with van der Waals surface area (Å²) in [5.41, 5.74) is 3.91. The number of aryl methyl sites for hydroxylation is 2. The summed E-state index contributed by atoms with van der Waals surface area (Å²) < 4.78 is 1.82. The normalized spacial score (nSPS) is 16.9. The lowest BCUT2D eigenvalue weighted by Crippen LogP contribution is -2.39. The van der Waals surface area contributed by atoms with E-state index in [1.165, 1.54) is 11.1 Å². The van der Waals surface area contributed by atoms with Gasteiger partial charge in [0.2, 0.25) is 0 Å². The molecule has 0 fully saturated rings. The zero-order valence-corrected chi connectivity index (χ0v) is 12.9. The van der Waals surface area contributed by atoms with E-state index in [4.69, 9.17) is 0 Å². The molecule has 1 atom stereocenters. The van der Waals surface area contributed by atoms with Crippen molar-refractivity contribution < 1.29 is 9.59 Å². The van der Waals surface area contributed by atoms with Crippen molar-refractivity contribution in [3.8, 4) is 0 Å². The molecule has 0 bridgehead atoms. The SMILES string of the molecule is CC(=O)c1ccc2c(c1)CCC(NC(=O)c1cccn1C)C2. The third kappa shape index (κ3) is 2.82. The van der Waals surface area contributed by atoms with Crippen molar-refractivity contribution in [1.29, 1.82) is 0 Å². The van der Waals surface area contributed by atoms with E-state index in [9.17, 15) is 9.59 Å². The largest absolute Gasteiger partial charge is 0.348 e. The van der Waals surface area contributed by atoms with E-state index < -0.39 is 0 Å². The Morgan fingerprint density at radius 1 is 1.23 bits per heavy atom. The van der Waals surface area contributed by atoms with Gasteiger partial charge in [0.15, 0.2) is 5.78 Å². The van der Waals surface area contributed by atoms with Crippen LogP contribution in [0.2, 0.25) is 0 Å². The molecule has 4 nitrogen and oxygen atoms in total. The van der Waals surface area contributed by atoms with E-state index in [0.29, 0.717) is 5.69 Å². The second-order valence-electron chi connectivity index (χ2n) is 5.96. The lowest BCUT2D eigenvalue weighted by Gasteiger charge is -2.26. The molecular weight excluding hydrogens is 276 g/mol. The molecule has 1 unspecified atom stereocenters. The quantitative estimate of drug-likeness (QED) is 0.885. The Hall–Kier alpha value is -2.36. The van der Waals surface area contributed by atoms with Gasteiger partial charge in [-0.2, -0.15) is 0 Å². The number of fused-ring (bicyclic) bond motifs is 1. The molecule has 0 saturated heterocycles. The van der Waals surface area contributed by atoms with Crippen LogP contribution in [-0.4, -0.2) is 22.3 Å². The van der Waals surface area contributed by atoms with E-state index >= 15 is 0 Å². The Balaban J connectivity index is 1.71. The maximum absolute atomic E-state index is 12.3. The number of carbonyl (C=O) groups is 2. The number of Topliss-reactive ketones (excluding diaryl/α,β-unsaturated/α-hetero) is 1. The highest BCUT2D eigenvalue weighted by molar-refractivity contribution is 5.94. The van der Waals surface area contributed by atoms with Gasteiger partial charge in [0.25, 0.3) is 5.91 Å². The Bertz CT molecular complexity index is 730. The molecule has 3 rings (SSSR count). The molecule has 22 heavy (non-hydrogen) atoms. The topological polar surface area (TPSA) is 51.1 Å². The Labute approximate surface area is 130 Å². The van der Waals surface area contributed by atoms with Crippen molar-refractivity contribution in [2.45, 2.75) is 32.2 Å². The number of benzene rings is 1. The Morgan fingerprint density at radius 3 is 2.73 bits per heavy atom. The first-order valence-corrected chi connectivity index (χ1v) is 7.59. The molecule has 1 heterocycles. The number of ketones is 1. The van der Waals surface area contributed by atoms with Gasteiger partial charge in [-0.3, -0.25) is 9.59 Å². The van der Waals surface area contributed by atoms with Gasteiger partial charge < -0.3 is 9.88 Å². The minimum absolute atomic E-state index is 0.0266. The number of hydrogen-bond acceptors (Lipinski definition) is 2. The summed E-state index contributed by atoms with van der Waals surface area (Å²) in [6, 6.07) is 9.74. The second-order valence-corrected chi connectivity index (χ2v) is 5.96. The number of carbonyl (C=O) groups excluding carboxylic acids is 2. The number of amides is 1. The van der Waals surface area contributed by atoms with E-state index in [0.717, 1.165) is 24.8 Å². The summed E-state index contributed by atoms with van der Waals surface area (Å²) in [6.07, 6.45) is 4.50. The first kappa shape index (κ1) is 14.6. The van der Waals surface area contributed by atoms with Crippen molar-refractivity contribution in [3.63, 3.8) is 0 Å². The number of hydrogen-bond donors (Lipinski definition) is 1. The van der Waals surface area contributed by atoms with Gasteiger partial charge in [0, 0.05) is 24.8 Å². The van der Waals surface area contributed by atoms with Crippen LogP contribution in [0.5, 0.6) is 0 Å². The average molecular weight is 296 g/mol. The van der Waals surface area contributed by atoms with Crippen LogP contribution in [0.25, 0.3) is 0 Å². The van der Waals surface area contributed by atoms with Gasteiger partial charge in [-0.25, -0.2) is 0 Å². The lowest BCUT2D eigenvalue weighted by atomic mass is 9.86. The van der Waals surface area contributed by atoms with Crippen molar-refractivity contribution >= 4 is 11.7 Å². The molecule has 0 spiro atoms. The zero-order chi connectivity index (χ0) is 15.7. The first-order valence-electron chi connectivity index (χ1n) is 7.59. The fourth-order valence-electron chi connectivity index (χ4n) is 3.05. The van der Waals surface area contributed by atoms with Crippen molar-refractivity contribution in [1.82, 2.24) is 9.88 Å². The summed E-state index contributed by atoms with van der Waals surface area (Å²) in [7, 11) is 1.87. The zero-order valence-electron chi connectivity index (χ0n) is 12.9. The predicted molar refractivity (Wildman–Crippen MR) is 85.1 cm³/mol. The molecule has 0 radical (unpaired) electrons. The summed E-state index contributed by atoms with van der Waals surface area (Å²) in [4.78, 5) is 23.7. The van der Waals surface area contributed by atoms with E-state index in [-0.39, 0.29) is 17.7 Å². The van der Waals surface area contributed by atoms with Crippen molar-refractivity contribution in [3.05, 3.63) is 58.9 Å². The highest BCUT2D eigenvalue weighted by Gasteiger charge is 2.22. The van der Waals surface area contributed by atoms with Crippen LogP contribution in [0, 0.1) is 0 Å². The van der Waals surface area contributed by atoms with E-state index in [1.54, 1.807) is 6.92 Å². The predicted octanol–water partition coefficient (Wildman–Crippen LogP) is 2.52. The van der Waals surface area contributed by atoms with Crippen LogP contribution < -0.4 is 5.32 Å². The second kappa shape index (κ2) is 5.79. The van der Waals surface area contributed by atoms with Crippen LogP contribution >= 0.6 is 0 Å². The van der Waals surface area contributed by atoms with Gasteiger partial charge in [-0.1, -0.05) is 12.1 Å². The lowest BCUT2D eigenvalue weighted by molar-refractivity contribution is 0.0925. The van der Waals surface area contributed by atoms with Crippen molar-refractivity contribution in [2.75, 3.05) is 0 Å². The third-order valence-electron chi connectivity index (χ3n) is 4.35. The van der Waals surface area contributed by atoms with Crippen LogP contribution in [0.3, 0.4) is 0 Å². The standard InChI is InChI=1S/C18H20N2O2/c1-12(21)13-5-6-15-11-16(8-7-14(15)10-13)19-18(22)17-4-3-9-20(17)2/h3-6,9-10,16H,7-8,11H2,1-2H3,(H,19,22). The molecule has 0 saturated carbocycles. The molecule has 114 valence electrons. The number of nitrogens with one attached hydrogen (secondary N) is 1. The summed E-state index contributed by atoms with van der Waals surface area (Å²) in [6.45, 7) is 1.59. The molecule has 1 aromatic carbocycles. The minimum Gasteiger partial charge on any atom is -0.348 e. The van der Waals surface area contributed by atoms with Gasteiger partial charge in [-0.05, 0) is 55.5 Å². The minimum atomic E-state index is -0.0266. The highest BCUT2D eigenvalue weighted by atomic mass is 16.2. The van der Waals surface area contributed by atoms with Gasteiger partial charge in [-0.15, -0.1) is 0 Å². The van der Waals surface area contributed by atoms with Crippen LogP contribution in [0.15, 0.2) is 36.5 Å². The first-order chi connectivity index (χ1) is 10.5. The van der Waals surface area contributed by atoms with Crippen LogP contribution in [-0.2, 0) is 19.9 Å². The molecule has 1 amide bonds. The van der Waals surface area contributed by atoms with Gasteiger partial charge >= 0.3 is 0 Å². The van der Waals surface area contributed by atoms with E-state index in [1.807, 2.05) is 48.1 Å². The summed E-state index contributed by atoms with van der Waals surface area (Å²) in [5, 5.41) is 3.11. The highest BCUT2D eigenvalue weighted by Crippen LogP contribution is 2.23. The monoisotopic (exact) mass is 296 g/mol. The molecule has 0 aliphatic heterocycles. The molecule has 1 aliphatic rings. The maximum atomic E-state index is 12.3. The summed E-state index contributed by atoms with van der Waals surface area (Å²) in [5.74, 6) is 0.0724. The molecule has 1 aromatic heterocycles. The fraction of sp³-hybridized carbons (Fsp3) is 0.333. The smallest absolute Gasteiger partial charge is 0.268 e. The van der Waals surface area contributed by atoms with Crippen LogP contribution in [0.1, 0.15) is 45.3 Å². The number of aromatic nitrogens is 1. The molecular formula is C18H20N2O2. The molecule has 4 heteroatoms. The Morgan fingerprint density at radius 2 is 2.05 bits per heavy atom. The van der Waals surface area contributed by atoms with Crippen LogP contribution in [0.4, 0.5) is 0 Å². The number of rotatable bonds is 3. The average Bonchev–Trinajstić information content (AvgIpc) is 2.92. The van der Waals surface area contributed by atoms with Gasteiger partial charge in [0.1, 0.15) is 5.69 Å². The molecule has 2 aromatic rings. The molecule has 1 aliphatic carbocycles. The fourth-order valence-corrected chi connectivity index (χ4v) is 3.05. The Kier molecular flexibility index (Phi) is 3.84.